The van der Waals surface area contributed by atoms with Crippen molar-refractivity contribution in [1.29, 1.82) is 0 Å². The van der Waals surface area contributed by atoms with Crippen molar-refractivity contribution in [2.45, 2.75) is 12.8 Å². The summed E-state index contributed by atoms with van der Waals surface area (Å²) in [5.74, 6) is 0. The number of fused-ring (bicyclic) bond motifs is 18. The van der Waals surface area contributed by atoms with Crippen LogP contribution in [-0.4, -0.2) is 8.80 Å². The molecule has 0 bridgehead atoms. The topological polar surface area (TPSA) is 15.3 Å². The van der Waals surface area contributed by atoms with Gasteiger partial charge in [-0.3, -0.25) is 0 Å². The Hall–Kier alpha value is -10.9. The van der Waals surface area contributed by atoms with Crippen LogP contribution in [-0.2, 0) is 12.8 Å². The fourth-order valence-electron chi connectivity index (χ4n) is 15.5. The molecule has 4 heterocycles. The van der Waals surface area contributed by atoms with Crippen molar-refractivity contribution in [3.8, 4) is 44.5 Å². The molecule has 13 aromatic carbocycles. The van der Waals surface area contributed by atoms with Crippen molar-refractivity contribution < 1.29 is 0 Å². The highest BCUT2D eigenvalue weighted by Crippen LogP contribution is 2.54. The minimum Gasteiger partial charge on any atom is -0.309 e. The summed E-state index contributed by atoms with van der Waals surface area (Å²) in [6, 6.07) is 104. The molecule has 84 heavy (non-hydrogen) atoms. The van der Waals surface area contributed by atoms with Crippen molar-refractivity contribution in [3.05, 3.63) is 301 Å². The first-order valence-corrected chi connectivity index (χ1v) is 29.3. The van der Waals surface area contributed by atoms with Gasteiger partial charge in [-0.1, -0.05) is 206 Å². The van der Waals surface area contributed by atoms with Crippen LogP contribution in [0.4, 0.5) is 34.1 Å². The van der Waals surface area contributed by atoms with E-state index in [1.807, 2.05) is 0 Å². The van der Waals surface area contributed by atoms with Crippen molar-refractivity contribution >= 4 is 110 Å². The zero-order valence-corrected chi connectivity index (χ0v) is 45.8. The third-order valence-corrected chi connectivity index (χ3v) is 18.9. The lowest BCUT2D eigenvalue weighted by Crippen LogP contribution is -2.12. The third kappa shape index (κ3) is 6.21. The van der Waals surface area contributed by atoms with Crippen molar-refractivity contribution in [3.63, 3.8) is 0 Å². The summed E-state index contributed by atoms with van der Waals surface area (Å²) >= 11 is 0. The molecule has 4 nitrogen and oxygen atoms in total. The summed E-state index contributed by atoms with van der Waals surface area (Å²) in [5.41, 5.74) is 30.3. The van der Waals surface area contributed by atoms with Gasteiger partial charge in [-0.2, -0.15) is 0 Å². The monoisotopic (exact) mass is 1070 g/mol. The van der Waals surface area contributed by atoms with Crippen molar-refractivity contribution in [2.24, 2.45) is 0 Å². The van der Waals surface area contributed by atoms with E-state index in [-0.39, 0.29) is 0 Å². The smallest absolute Gasteiger partial charge is 0.0621 e. The van der Waals surface area contributed by atoms with E-state index in [1.54, 1.807) is 0 Å². The Morgan fingerprint density at radius 3 is 1.00 bits per heavy atom. The molecular weight excluding hydrogens is 1020 g/mol. The Bertz CT molecular complexity index is 5200. The zero-order chi connectivity index (χ0) is 54.7. The van der Waals surface area contributed by atoms with Crippen LogP contribution in [0.3, 0.4) is 0 Å². The molecule has 2 aliphatic rings. The molecule has 4 aromatic heterocycles. The standard InChI is InChI=1S/C80H50N4/c1-5-21-49(22-6-1)53-29-13-31-55-57-33-17-39-69(65(57)45-63(53)55)81(51-25-9-3-10-26-51)71-41-19-43-73-77(71)61-37-15-35-59-67-48-76-68(47-75(67)83(73)79(59)61)60-36-16-38-62-78-72(42-20-44-74(78)84(76)80(60)62)82(52-27-11-4-12-28-52)70-40-18-34-58-56-32-14-30-54(64(56)46-66(58)70)50-23-7-2-8-24-50/h1-44,47-48H,45-46H2. The maximum Gasteiger partial charge on any atom is 0.0621 e. The van der Waals surface area contributed by atoms with E-state index in [0.29, 0.717) is 0 Å². The predicted octanol–water partition coefficient (Wildman–Crippen LogP) is 21.4. The van der Waals surface area contributed by atoms with Crippen LogP contribution in [0.15, 0.2) is 279 Å². The lowest BCUT2D eigenvalue weighted by Gasteiger charge is -2.28. The van der Waals surface area contributed by atoms with Gasteiger partial charge in [-0.15, -0.1) is 0 Å². The van der Waals surface area contributed by atoms with E-state index in [2.05, 4.69) is 298 Å². The molecule has 0 radical (unpaired) electrons. The van der Waals surface area contributed by atoms with Gasteiger partial charge >= 0.3 is 0 Å². The van der Waals surface area contributed by atoms with E-state index in [0.717, 1.165) is 24.2 Å². The molecule has 19 rings (SSSR count). The van der Waals surface area contributed by atoms with E-state index in [1.165, 1.54) is 166 Å². The highest BCUT2D eigenvalue weighted by atomic mass is 15.2. The Balaban J connectivity index is 0.801. The van der Waals surface area contributed by atoms with Crippen LogP contribution < -0.4 is 9.80 Å². The minimum atomic E-state index is 0.854. The number of para-hydroxylation sites is 4. The predicted molar refractivity (Wildman–Crippen MR) is 352 cm³/mol. The molecule has 4 heteroatoms. The van der Waals surface area contributed by atoms with E-state index in [4.69, 9.17) is 0 Å². The lowest BCUT2D eigenvalue weighted by atomic mass is 9.96. The van der Waals surface area contributed by atoms with Crippen LogP contribution in [0.5, 0.6) is 0 Å². The van der Waals surface area contributed by atoms with Gasteiger partial charge in [0, 0.05) is 67.3 Å². The Morgan fingerprint density at radius 1 is 0.238 bits per heavy atom. The summed E-state index contributed by atoms with van der Waals surface area (Å²) in [6.07, 6.45) is 1.71. The molecule has 390 valence electrons. The fraction of sp³-hybridized carbons (Fsp3) is 0.0250. The van der Waals surface area contributed by atoms with Gasteiger partial charge in [0.05, 0.1) is 55.8 Å². The second kappa shape index (κ2) is 17.3. The summed E-state index contributed by atoms with van der Waals surface area (Å²) in [5, 5.41) is 10.0. The van der Waals surface area contributed by atoms with Crippen LogP contribution in [0.2, 0.25) is 0 Å². The number of hydrogen-bond acceptors (Lipinski definition) is 2. The largest absolute Gasteiger partial charge is 0.309 e. The Kier molecular flexibility index (Phi) is 9.42. The van der Waals surface area contributed by atoms with Gasteiger partial charge in [0.25, 0.3) is 0 Å². The average molecular weight is 1070 g/mol. The molecule has 0 saturated carbocycles. The molecule has 0 saturated heterocycles. The molecular formula is C80H50N4. The van der Waals surface area contributed by atoms with Crippen LogP contribution in [0, 0.1) is 0 Å². The maximum atomic E-state index is 2.57. The molecule has 17 aromatic rings. The number of rotatable bonds is 8. The molecule has 0 unspecified atom stereocenters. The number of aromatic nitrogens is 2. The summed E-state index contributed by atoms with van der Waals surface area (Å²) in [7, 11) is 0. The average Bonchev–Trinajstić information content (AvgIpc) is 1.81. The zero-order valence-electron chi connectivity index (χ0n) is 45.8. The molecule has 0 atom stereocenters. The van der Waals surface area contributed by atoms with Gasteiger partial charge in [-0.05, 0) is 140 Å². The number of hydrogen-bond donors (Lipinski definition) is 0. The lowest BCUT2D eigenvalue weighted by molar-refractivity contribution is 1.20. The molecule has 0 spiro atoms. The Labute approximate surface area is 484 Å². The molecule has 2 aliphatic carbocycles. The second-order valence-electron chi connectivity index (χ2n) is 23.0. The van der Waals surface area contributed by atoms with Gasteiger partial charge in [0.15, 0.2) is 0 Å². The van der Waals surface area contributed by atoms with E-state index < -0.39 is 0 Å². The normalized spacial score (nSPS) is 12.7. The fourth-order valence-corrected chi connectivity index (χ4v) is 15.5. The molecule has 0 N–H and O–H groups in total. The Morgan fingerprint density at radius 2 is 0.571 bits per heavy atom. The van der Waals surface area contributed by atoms with Gasteiger partial charge in [0.2, 0.25) is 0 Å². The van der Waals surface area contributed by atoms with E-state index in [9.17, 15) is 0 Å². The van der Waals surface area contributed by atoms with E-state index >= 15 is 0 Å². The van der Waals surface area contributed by atoms with Crippen LogP contribution in [0.25, 0.3) is 121 Å². The van der Waals surface area contributed by atoms with Crippen LogP contribution >= 0.6 is 0 Å². The van der Waals surface area contributed by atoms with Gasteiger partial charge in [-0.25, -0.2) is 0 Å². The van der Waals surface area contributed by atoms with Crippen molar-refractivity contribution in [2.75, 3.05) is 9.80 Å². The first-order chi connectivity index (χ1) is 41.7. The first kappa shape index (κ1) is 45.8. The van der Waals surface area contributed by atoms with Crippen molar-refractivity contribution in [1.82, 2.24) is 8.80 Å². The minimum absolute atomic E-state index is 0.854. The SMILES string of the molecule is c1ccc(-c2cccc3c2Cc2c-3cccc2N(c2ccccc2)c2cccc3c2c2cccc4c5cc6c(cc5n3c42)c2cccc3c4c(N(c5ccccc5)c5cccc7c5Cc5c(-c8ccccc8)cccc5-7)cccc4n6c23)cc1. The molecule has 0 amide bonds. The van der Waals surface area contributed by atoms with Crippen LogP contribution in [0.1, 0.15) is 22.3 Å². The first-order valence-electron chi connectivity index (χ1n) is 29.3. The molecule has 0 fully saturated rings. The highest BCUT2D eigenvalue weighted by molar-refractivity contribution is 6.31. The summed E-state index contributed by atoms with van der Waals surface area (Å²) in [6.45, 7) is 0. The molecule has 0 aliphatic heterocycles. The number of anilines is 6. The highest BCUT2D eigenvalue weighted by Gasteiger charge is 2.32. The quantitative estimate of drug-likeness (QED) is 0.151. The number of nitrogens with zero attached hydrogens (tertiary/aromatic N) is 4. The third-order valence-electron chi connectivity index (χ3n) is 18.9. The van der Waals surface area contributed by atoms with Gasteiger partial charge < -0.3 is 18.6 Å². The maximum absolute atomic E-state index is 2.57. The van der Waals surface area contributed by atoms with Gasteiger partial charge in [0.1, 0.15) is 0 Å². The summed E-state index contributed by atoms with van der Waals surface area (Å²) in [4.78, 5) is 5.07. The second-order valence-corrected chi connectivity index (χ2v) is 23.0. The summed E-state index contributed by atoms with van der Waals surface area (Å²) < 4.78 is 5.14. The number of benzene rings is 13.